The summed E-state index contributed by atoms with van der Waals surface area (Å²) >= 11 is 1.18. The van der Waals surface area contributed by atoms with E-state index in [1.165, 1.54) is 30.0 Å². The minimum absolute atomic E-state index is 0.0722. The Kier molecular flexibility index (Phi) is 3.27. The topological polar surface area (TPSA) is 80.4 Å². The van der Waals surface area contributed by atoms with Gasteiger partial charge in [-0.3, -0.25) is 9.59 Å². The largest absolute Gasteiger partial charge is 0.507 e. The maximum Gasteiger partial charge on any atom is 0.204 e. The predicted octanol–water partition coefficient (Wildman–Crippen LogP) is 3.03. The molecule has 0 saturated heterocycles. The van der Waals surface area contributed by atoms with Gasteiger partial charge in [0.1, 0.15) is 5.75 Å². The van der Waals surface area contributed by atoms with Crippen molar-refractivity contribution in [2.24, 2.45) is 0 Å². The Morgan fingerprint density at radius 3 is 2.43 bits per heavy atom. The first-order chi connectivity index (χ1) is 10.1. The van der Waals surface area contributed by atoms with Gasteiger partial charge in [0, 0.05) is 22.2 Å². The summed E-state index contributed by atoms with van der Waals surface area (Å²) in [5, 5.41) is 9.84. The molecule has 2 aromatic rings. The zero-order valence-electron chi connectivity index (χ0n) is 10.9. The quantitative estimate of drug-likeness (QED) is 0.833. The fourth-order valence-corrected chi connectivity index (χ4v) is 3.00. The maximum absolute atomic E-state index is 12.4. The Bertz CT molecular complexity index is 779. The highest BCUT2D eigenvalue weighted by Crippen LogP contribution is 2.36. The van der Waals surface area contributed by atoms with Crippen molar-refractivity contribution in [3.05, 3.63) is 64.6 Å². The van der Waals surface area contributed by atoms with Gasteiger partial charge in [-0.05, 0) is 30.3 Å². The molecule has 5 heteroatoms. The summed E-state index contributed by atoms with van der Waals surface area (Å²) in [5.74, 6) is -0.794. The molecule has 0 aromatic heterocycles. The molecule has 21 heavy (non-hydrogen) atoms. The highest BCUT2D eigenvalue weighted by molar-refractivity contribution is 8.04. The third kappa shape index (κ3) is 2.43. The van der Waals surface area contributed by atoms with E-state index >= 15 is 0 Å². The number of hydrogen-bond acceptors (Lipinski definition) is 5. The lowest BCUT2D eigenvalue weighted by Crippen LogP contribution is -2.15. The van der Waals surface area contributed by atoms with Crippen molar-refractivity contribution in [1.29, 1.82) is 0 Å². The Labute approximate surface area is 125 Å². The summed E-state index contributed by atoms with van der Waals surface area (Å²) in [7, 11) is 0. The number of aromatic hydroxyl groups is 1. The van der Waals surface area contributed by atoms with E-state index in [4.69, 9.17) is 5.73 Å². The van der Waals surface area contributed by atoms with Gasteiger partial charge in [0.2, 0.25) is 5.78 Å². The summed E-state index contributed by atoms with van der Waals surface area (Å²) in [4.78, 5) is 25.6. The summed E-state index contributed by atoms with van der Waals surface area (Å²) in [6, 6.07) is 11.5. The predicted molar refractivity (Wildman–Crippen MR) is 81.6 cm³/mol. The minimum atomic E-state index is -0.343. The number of benzene rings is 2. The first-order valence-corrected chi connectivity index (χ1v) is 7.04. The number of ketones is 2. The monoisotopic (exact) mass is 297 g/mol. The van der Waals surface area contributed by atoms with Crippen LogP contribution in [0.1, 0.15) is 20.7 Å². The maximum atomic E-state index is 12.4. The second kappa shape index (κ2) is 5.10. The lowest BCUT2D eigenvalue weighted by atomic mass is 9.94. The van der Waals surface area contributed by atoms with Gasteiger partial charge in [0.15, 0.2) is 5.78 Å². The molecule has 0 bridgehead atoms. The number of fused-ring (bicyclic) bond motifs is 1. The number of phenolic OH excluding ortho intramolecular Hbond substituents is 1. The smallest absolute Gasteiger partial charge is 0.204 e. The van der Waals surface area contributed by atoms with Crippen LogP contribution in [-0.4, -0.2) is 16.7 Å². The Morgan fingerprint density at radius 2 is 1.71 bits per heavy atom. The van der Waals surface area contributed by atoms with E-state index in [2.05, 4.69) is 0 Å². The van der Waals surface area contributed by atoms with Crippen LogP contribution in [0, 0.1) is 0 Å². The van der Waals surface area contributed by atoms with E-state index in [-0.39, 0.29) is 28.4 Å². The number of nitrogen functional groups attached to an aromatic ring is 1. The van der Waals surface area contributed by atoms with Gasteiger partial charge in [0.05, 0.1) is 10.5 Å². The fourth-order valence-electron chi connectivity index (χ4n) is 2.11. The standard InChI is InChI=1S/C16H11NO3S/c17-9-4-6-10(7-5-9)21-14-8-13(19)11-2-1-3-12(18)15(11)16(14)20/h1-8,18H,17H2. The summed E-state index contributed by atoms with van der Waals surface area (Å²) in [6.45, 7) is 0. The molecular weight excluding hydrogens is 286 g/mol. The number of anilines is 1. The number of Topliss-reactive ketones (excluding diaryl/α,β-unsaturated/α-hetero) is 1. The molecule has 0 heterocycles. The number of hydrogen-bond donors (Lipinski definition) is 2. The van der Waals surface area contributed by atoms with Crippen LogP contribution in [-0.2, 0) is 0 Å². The van der Waals surface area contributed by atoms with Gasteiger partial charge in [-0.1, -0.05) is 23.9 Å². The average molecular weight is 297 g/mol. The molecule has 3 N–H and O–H groups in total. The van der Waals surface area contributed by atoms with Gasteiger partial charge in [-0.25, -0.2) is 0 Å². The van der Waals surface area contributed by atoms with Crippen molar-refractivity contribution >= 4 is 29.0 Å². The van der Waals surface area contributed by atoms with Crippen LogP contribution in [0.15, 0.2) is 58.3 Å². The van der Waals surface area contributed by atoms with E-state index in [1.807, 2.05) is 0 Å². The summed E-state index contributed by atoms with van der Waals surface area (Å²) < 4.78 is 0. The van der Waals surface area contributed by atoms with E-state index in [0.29, 0.717) is 10.6 Å². The molecule has 0 aliphatic heterocycles. The van der Waals surface area contributed by atoms with Gasteiger partial charge < -0.3 is 10.8 Å². The highest BCUT2D eigenvalue weighted by Gasteiger charge is 2.28. The number of nitrogens with two attached hydrogens (primary N) is 1. The molecule has 1 aliphatic carbocycles. The third-order valence-corrected chi connectivity index (χ3v) is 4.16. The molecule has 0 radical (unpaired) electrons. The molecule has 3 rings (SSSR count). The Balaban J connectivity index is 1.98. The molecule has 0 fully saturated rings. The lowest BCUT2D eigenvalue weighted by Gasteiger charge is -2.15. The Hall–Kier alpha value is -2.53. The zero-order valence-corrected chi connectivity index (χ0v) is 11.7. The van der Waals surface area contributed by atoms with Crippen molar-refractivity contribution < 1.29 is 14.7 Å². The number of allylic oxidation sites excluding steroid dienone is 2. The molecule has 0 amide bonds. The van der Waals surface area contributed by atoms with Crippen LogP contribution in [0.25, 0.3) is 0 Å². The molecule has 0 atom stereocenters. The van der Waals surface area contributed by atoms with Crippen molar-refractivity contribution in [2.45, 2.75) is 4.90 Å². The van der Waals surface area contributed by atoms with Crippen molar-refractivity contribution in [3.63, 3.8) is 0 Å². The first-order valence-electron chi connectivity index (χ1n) is 6.22. The second-order valence-electron chi connectivity index (χ2n) is 4.57. The molecule has 1 aliphatic rings. The van der Waals surface area contributed by atoms with Crippen LogP contribution in [0.4, 0.5) is 5.69 Å². The van der Waals surface area contributed by atoms with Crippen LogP contribution in [0.2, 0.25) is 0 Å². The Morgan fingerprint density at radius 1 is 1.00 bits per heavy atom. The van der Waals surface area contributed by atoms with Crippen molar-refractivity contribution in [1.82, 2.24) is 0 Å². The van der Waals surface area contributed by atoms with Crippen molar-refractivity contribution in [3.8, 4) is 5.75 Å². The van der Waals surface area contributed by atoms with E-state index in [0.717, 1.165) is 4.90 Å². The van der Waals surface area contributed by atoms with Gasteiger partial charge in [-0.15, -0.1) is 0 Å². The molecule has 104 valence electrons. The normalized spacial score (nSPS) is 13.8. The van der Waals surface area contributed by atoms with Crippen LogP contribution in [0.3, 0.4) is 0 Å². The molecule has 4 nitrogen and oxygen atoms in total. The highest BCUT2D eigenvalue weighted by atomic mass is 32.2. The van der Waals surface area contributed by atoms with Crippen LogP contribution < -0.4 is 5.73 Å². The fraction of sp³-hybridized carbons (Fsp3) is 0. The van der Waals surface area contributed by atoms with E-state index in [1.54, 1.807) is 30.3 Å². The number of thioether (sulfide) groups is 1. The number of carbonyl (C=O) groups excluding carboxylic acids is 2. The molecule has 0 spiro atoms. The van der Waals surface area contributed by atoms with Crippen LogP contribution in [0.5, 0.6) is 5.75 Å². The van der Waals surface area contributed by atoms with E-state index in [9.17, 15) is 14.7 Å². The lowest BCUT2D eigenvalue weighted by molar-refractivity contribution is 0.0989. The van der Waals surface area contributed by atoms with Gasteiger partial charge in [-0.2, -0.15) is 0 Å². The molecule has 0 saturated carbocycles. The van der Waals surface area contributed by atoms with Crippen LogP contribution >= 0.6 is 11.8 Å². The number of carbonyl (C=O) groups is 2. The summed E-state index contributed by atoms with van der Waals surface area (Å²) in [5.41, 5.74) is 6.55. The minimum Gasteiger partial charge on any atom is -0.507 e. The van der Waals surface area contributed by atoms with E-state index < -0.39 is 0 Å². The SMILES string of the molecule is Nc1ccc(SC2=CC(=O)c3cccc(O)c3C2=O)cc1. The van der Waals surface area contributed by atoms with Gasteiger partial charge in [0.25, 0.3) is 0 Å². The molecule has 2 aromatic carbocycles. The zero-order chi connectivity index (χ0) is 15.0. The molecular formula is C16H11NO3S. The number of rotatable bonds is 2. The molecule has 0 unspecified atom stereocenters. The van der Waals surface area contributed by atoms with Crippen molar-refractivity contribution in [2.75, 3.05) is 5.73 Å². The summed E-state index contributed by atoms with van der Waals surface area (Å²) in [6.07, 6.45) is 1.31. The van der Waals surface area contributed by atoms with Gasteiger partial charge >= 0.3 is 0 Å². The first kappa shape index (κ1) is 13.5. The average Bonchev–Trinajstić information content (AvgIpc) is 2.46. The number of phenols is 1. The third-order valence-electron chi connectivity index (χ3n) is 3.13. The second-order valence-corrected chi connectivity index (χ2v) is 5.69.